The summed E-state index contributed by atoms with van der Waals surface area (Å²) in [5.41, 5.74) is 3.46. The van der Waals surface area contributed by atoms with E-state index in [4.69, 9.17) is 16.3 Å². The van der Waals surface area contributed by atoms with Crippen molar-refractivity contribution in [2.45, 2.75) is 19.4 Å². The average molecular weight is 464 g/mol. The van der Waals surface area contributed by atoms with E-state index in [1.54, 1.807) is 36.1 Å². The molecule has 0 saturated heterocycles. The van der Waals surface area contributed by atoms with E-state index in [9.17, 15) is 9.18 Å². The fraction of sp³-hybridized carbons (Fsp3) is 0.154. The first-order chi connectivity index (χ1) is 16.0. The van der Waals surface area contributed by atoms with Crippen LogP contribution in [-0.4, -0.2) is 22.8 Å². The smallest absolute Gasteiger partial charge is 0.220 e. The molecule has 4 aromatic rings. The summed E-state index contributed by atoms with van der Waals surface area (Å²) in [6, 6.07) is 23.1. The highest BCUT2D eigenvalue weighted by Gasteiger charge is 2.16. The lowest BCUT2D eigenvalue weighted by Gasteiger charge is -2.09. The highest BCUT2D eigenvalue weighted by molar-refractivity contribution is 6.30. The van der Waals surface area contributed by atoms with Crippen LogP contribution in [0.25, 0.3) is 16.9 Å². The number of carbonyl (C=O) groups excluding carboxylic acids is 1. The molecule has 0 aliphatic carbocycles. The summed E-state index contributed by atoms with van der Waals surface area (Å²) >= 11 is 5.99. The number of hydrogen-bond donors (Lipinski definition) is 1. The van der Waals surface area contributed by atoms with Crippen molar-refractivity contribution < 1.29 is 13.9 Å². The second-order valence-electron chi connectivity index (χ2n) is 7.52. The second kappa shape index (κ2) is 10.3. The van der Waals surface area contributed by atoms with Gasteiger partial charge in [0.25, 0.3) is 0 Å². The molecule has 3 aromatic carbocycles. The summed E-state index contributed by atoms with van der Waals surface area (Å²) in [5, 5.41) is 8.19. The number of benzene rings is 3. The molecular weight excluding hydrogens is 441 g/mol. The van der Waals surface area contributed by atoms with Gasteiger partial charge in [0.05, 0.1) is 24.2 Å². The number of amides is 1. The molecule has 4 rings (SSSR count). The Labute approximate surface area is 196 Å². The highest BCUT2D eigenvalue weighted by Crippen LogP contribution is 2.27. The Morgan fingerprint density at radius 2 is 1.85 bits per heavy atom. The average Bonchev–Trinajstić information content (AvgIpc) is 3.26. The standard InChI is InChI=1S/C26H23ClFN3O2/c1-33-22-12-10-21(11-13-22)31-25(23-7-2-3-8-24(23)28)16-20(30-31)9-14-26(32)29-17-18-5-4-6-19(27)15-18/h2-8,10-13,15-16H,9,14,17H2,1H3,(H,29,32). The third-order valence-electron chi connectivity index (χ3n) is 5.21. The number of aromatic nitrogens is 2. The number of halogens is 2. The van der Waals surface area contributed by atoms with E-state index in [2.05, 4.69) is 10.4 Å². The number of aryl methyl sites for hydroxylation is 1. The van der Waals surface area contributed by atoms with Crippen molar-refractivity contribution in [3.63, 3.8) is 0 Å². The van der Waals surface area contributed by atoms with E-state index >= 15 is 0 Å². The lowest BCUT2D eigenvalue weighted by molar-refractivity contribution is -0.121. The normalized spacial score (nSPS) is 10.8. The van der Waals surface area contributed by atoms with Crippen LogP contribution in [0.5, 0.6) is 5.75 Å². The van der Waals surface area contributed by atoms with Crippen molar-refractivity contribution >= 4 is 17.5 Å². The van der Waals surface area contributed by atoms with Crippen LogP contribution in [-0.2, 0) is 17.8 Å². The van der Waals surface area contributed by atoms with E-state index in [1.165, 1.54) is 6.07 Å². The lowest BCUT2D eigenvalue weighted by atomic mass is 10.1. The number of ether oxygens (including phenoxy) is 1. The maximum Gasteiger partial charge on any atom is 0.220 e. The molecule has 0 atom stereocenters. The third-order valence-corrected chi connectivity index (χ3v) is 5.45. The van der Waals surface area contributed by atoms with Crippen LogP contribution in [0.1, 0.15) is 17.7 Å². The van der Waals surface area contributed by atoms with Gasteiger partial charge in [0.1, 0.15) is 11.6 Å². The van der Waals surface area contributed by atoms with Crippen LogP contribution in [0, 0.1) is 5.82 Å². The summed E-state index contributed by atoms with van der Waals surface area (Å²) in [4.78, 5) is 12.4. The number of rotatable bonds is 8. The molecule has 0 radical (unpaired) electrons. The van der Waals surface area contributed by atoms with E-state index in [0.29, 0.717) is 34.9 Å². The largest absolute Gasteiger partial charge is 0.497 e. The summed E-state index contributed by atoms with van der Waals surface area (Å²) in [6.45, 7) is 0.403. The van der Waals surface area contributed by atoms with Gasteiger partial charge in [-0.05, 0) is 60.2 Å². The SMILES string of the molecule is COc1ccc(-n2nc(CCC(=O)NCc3cccc(Cl)c3)cc2-c2ccccc2F)cc1. The zero-order chi connectivity index (χ0) is 23.2. The number of nitrogens with zero attached hydrogens (tertiary/aromatic N) is 2. The van der Waals surface area contributed by atoms with E-state index in [-0.39, 0.29) is 18.1 Å². The van der Waals surface area contributed by atoms with Crippen LogP contribution >= 0.6 is 11.6 Å². The second-order valence-corrected chi connectivity index (χ2v) is 7.95. The molecule has 1 N–H and O–H groups in total. The molecule has 1 aromatic heterocycles. The van der Waals surface area contributed by atoms with Gasteiger partial charge in [-0.25, -0.2) is 9.07 Å². The molecular formula is C26H23ClFN3O2. The van der Waals surface area contributed by atoms with E-state index in [0.717, 1.165) is 17.0 Å². The molecule has 5 nitrogen and oxygen atoms in total. The molecule has 7 heteroatoms. The quantitative estimate of drug-likeness (QED) is 0.370. The van der Waals surface area contributed by atoms with Gasteiger partial charge in [-0.15, -0.1) is 0 Å². The summed E-state index contributed by atoms with van der Waals surface area (Å²) in [5.74, 6) is 0.286. The summed E-state index contributed by atoms with van der Waals surface area (Å²) < 4.78 is 21.5. The molecule has 0 bridgehead atoms. The Morgan fingerprint density at radius 3 is 2.58 bits per heavy atom. The maximum atomic E-state index is 14.6. The van der Waals surface area contributed by atoms with Gasteiger partial charge in [0, 0.05) is 30.0 Å². The van der Waals surface area contributed by atoms with Crippen molar-refractivity contribution in [2.24, 2.45) is 0 Å². The molecule has 0 saturated carbocycles. The molecule has 0 unspecified atom stereocenters. The van der Waals surface area contributed by atoms with Crippen molar-refractivity contribution in [1.82, 2.24) is 15.1 Å². The maximum absolute atomic E-state index is 14.6. The van der Waals surface area contributed by atoms with Gasteiger partial charge in [0.2, 0.25) is 5.91 Å². The van der Waals surface area contributed by atoms with Crippen molar-refractivity contribution in [3.05, 3.63) is 101 Å². The lowest BCUT2D eigenvalue weighted by Crippen LogP contribution is -2.23. The Bertz CT molecular complexity index is 1250. The molecule has 0 aliphatic heterocycles. The van der Waals surface area contributed by atoms with Crippen molar-refractivity contribution in [1.29, 1.82) is 0 Å². The van der Waals surface area contributed by atoms with Crippen LogP contribution in [0.4, 0.5) is 4.39 Å². The predicted molar refractivity (Wildman–Crippen MR) is 127 cm³/mol. The molecule has 0 fully saturated rings. The Hall–Kier alpha value is -3.64. The Balaban J connectivity index is 1.52. The minimum atomic E-state index is -0.335. The van der Waals surface area contributed by atoms with Crippen LogP contribution < -0.4 is 10.1 Å². The number of hydrogen-bond acceptors (Lipinski definition) is 3. The first-order valence-electron chi connectivity index (χ1n) is 10.5. The van der Waals surface area contributed by atoms with Gasteiger partial charge in [-0.1, -0.05) is 35.9 Å². The van der Waals surface area contributed by atoms with Crippen molar-refractivity contribution in [2.75, 3.05) is 7.11 Å². The first kappa shape index (κ1) is 22.6. The van der Waals surface area contributed by atoms with Gasteiger partial charge in [-0.2, -0.15) is 5.10 Å². The van der Waals surface area contributed by atoms with Crippen molar-refractivity contribution in [3.8, 4) is 22.7 Å². The topological polar surface area (TPSA) is 56.2 Å². The summed E-state index contributed by atoms with van der Waals surface area (Å²) in [7, 11) is 1.60. The van der Waals surface area contributed by atoms with Crippen LogP contribution in [0.15, 0.2) is 78.9 Å². The van der Waals surface area contributed by atoms with Crippen LogP contribution in [0.2, 0.25) is 5.02 Å². The summed E-state index contributed by atoms with van der Waals surface area (Å²) in [6.07, 6.45) is 0.683. The first-order valence-corrected chi connectivity index (χ1v) is 10.9. The molecule has 1 amide bonds. The fourth-order valence-corrected chi connectivity index (χ4v) is 3.72. The zero-order valence-electron chi connectivity index (χ0n) is 18.1. The highest BCUT2D eigenvalue weighted by atomic mass is 35.5. The fourth-order valence-electron chi connectivity index (χ4n) is 3.51. The molecule has 33 heavy (non-hydrogen) atoms. The predicted octanol–water partition coefficient (Wildman–Crippen LogP) is 5.59. The number of carbonyl (C=O) groups is 1. The number of methoxy groups -OCH3 is 1. The minimum absolute atomic E-state index is 0.0959. The Kier molecular flexibility index (Phi) is 7.05. The monoisotopic (exact) mass is 463 g/mol. The molecule has 0 spiro atoms. The zero-order valence-corrected chi connectivity index (χ0v) is 18.8. The van der Waals surface area contributed by atoms with E-state index < -0.39 is 0 Å². The van der Waals surface area contributed by atoms with Gasteiger partial charge < -0.3 is 10.1 Å². The third kappa shape index (κ3) is 5.59. The minimum Gasteiger partial charge on any atom is -0.497 e. The van der Waals surface area contributed by atoms with Gasteiger partial charge >= 0.3 is 0 Å². The van der Waals surface area contributed by atoms with Crippen LogP contribution in [0.3, 0.4) is 0 Å². The number of nitrogens with one attached hydrogen (secondary N) is 1. The van der Waals surface area contributed by atoms with E-state index in [1.807, 2.05) is 48.5 Å². The van der Waals surface area contributed by atoms with Gasteiger partial charge in [-0.3, -0.25) is 4.79 Å². The molecule has 168 valence electrons. The molecule has 1 heterocycles. The Morgan fingerprint density at radius 1 is 1.06 bits per heavy atom. The van der Waals surface area contributed by atoms with Gasteiger partial charge in [0.15, 0.2) is 0 Å². The molecule has 0 aliphatic rings.